The molecule has 1 heterocycles. The van der Waals surface area contributed by atoms with Crippen molar-refractivity contribution in [1.29, 1.82) is 0 Å². The van der Waals surface area contributed by atoms with Crippen molar-refractivity contribution in [3.05, 3.63) is 64.4 Å². The van der Waals surface area contributed by atoms with E-state index >= 15 is 0 Å². The fourth-order valence-electron chi connectivity index (χ4n) is 1.20. The van der Waals surface area contributed by atoms with Crippen molar-refractivity contribution in [2.24, 2.45) is 0 Å². The molecule has 1 aromatic carbocycles. The van der Waals surface area contributed by atoms with Crippen LogP contribution in [0.25, 0.3) is 0 Å². The van der Waals surface area contributed by atoms with Crippen molar-refractivity contribution in [3.63, 3.8) is 0 Å². The molecule has 0 bridgehead atoms. The molecule has 15 heavy (non-hydrogen) atoms. The van der Waals surface area contributed by atoms with Gasteiger partial charge in [0.1, 0.15) is 6.61 Å². The Morgan fingerprint density at radius 1 is 1.20 bits per heavy atom. The second kappa shape index (κ2) is 4.46. The molecule has 3 nitrogen and oxygen atoms in total. The molecule has 1 N–H and O–H groups in total. The summed E-state index contributed by atoms with van der Waals surface area (Å²) in [5.74, 6) is 0.461. The van der Waals surface area contributed by atoms with Crippen LogP contribution in [0.3, 0.4) is 0 Å². The SMILES string of the molecule is O=c1[c]ccc(OCc2ccccc2)[nH]1. The summed E-state index contributed by atoms with van der Waals surface area (Å²) in [5.41, 5.74) is 0.784. The number of hydrogen-bond acceptors (Lipinski definition) is 2. The summed E-state index contributed by atoms with van der Waals surface area (Å²) in [5, 5.41) is 0. The number of aromatic amines is 1. The highest BCUT2D eigenvalue weighted by Crippen LogP contribution is 2.05. The number of rotatable bonds is 3. The van der Waals surface area contributed by atoms with Crippen LogP contribution in [0.15, 0.2) is 47.3 Å². The molecule has 0 saturated heterocycles. The molecule has 0 spiro atoms. The lowest BCUT2D eigenvalue weighted by Gasteiger charge is -2.04. The molecule has 1 radical (unpaired) electrons. The number of nitrogens with one attached hydrogen (secondary N) is 1. The Labute approximate surface area is 87.3 Å². The zero-order chi connectivity index (χ0) is 10.5. The topological polar surface area (TPSA) is 42.1 Å². The summed E-state index contributed by atoms with van der Waals surface area (Å²) in [7, 11) is 0. The van der Waals surface area contributed by atoms with E-state index in [-0.39, 0.29) is 5.56 Å². The monoisotopic (exact) mass is 200 g/mol. The summed E-state index contributed by atoms with van der Waals surface area (Å²) in [6, 6.07) is 15.5. The summed E-state index contributed by atoms with van der Waals surface area (Å²) < 4.78 is 5.40. The summed E-state index contributed by atoms with van der Waals surface area (Å²) >= 11 is 0. The Kier molecular flexibility index (Phi) is 2.83. The summed E-state index contributed by atoms with van der Waals surface area (Å²) in [4.78, 5) is 13.5. The molecule has 2 aromatic rings. The molecule has 0 atom stereocenters. The first-order chi connectivity index (χ1) is 7.34. The van der Waals surface area contributed by atoms with Crippen molar-refractivity contribution in [2.75, 3.05) is 0 Å². The van der Waals surface area contributed by atoms with Gasteiger partial charge in [-0.05, 0) is 17.7 Å². The van der Waals surface area contributed by atoms with E-state index in [0.717, 1.165) is 5.56 Å². The predicted molar refractivity (Wildman–Crippen MR) is 56.7 cm³/mol. The molecule has 2 rings (SSSR count). The second-order valence-electron chi connectivity index (χ2n) is 3.07. The van der Waals surface area contributed by atoms with Crippen molar-refractivity contribution in [1.82, 2.24) is 4.98 Å². The lowest BCUT2D eigenvalue weighted by molar-refractivity contribution is 0.293. The third-order valence-corrected chi connectivity index (χ3v) is 1.92. The number of hydrogen-bond donors (Lipinski definition) is 1. The van der Waals surface area contributed by atoms with Crippen molar-refractivity contribution in [3.8, 4) is 5.88 Å². The van der Waals surface area contributed by atoms with Gasteiger partial charge in [0.2, 0.25) is 0 Å². The number of benzene rings is 1. The molecule has 0 aliphatic rings. The Bertz CT molecular complexity index is 476. The average molecular weight is 200 g/mol. The van der Waals surface area contributed by atoms with Gasteiger partial charge in [0.15, 0.2) is 5.88 Å². The minimum atomic E-state index is -0.277. The maximum Gasteiger partial charge on any atom is 0.258 e. The van der Waals surface area contributed by atoms with Crippen LogP contribution in [0.2, 0.25) is 0 Å². The third kappa shape index (κ3) is 2.71. The van der Waals surface area contributed by atoms with E-state index in [9.17, 15) is 4.79 Å². The van der Waals surface area contributed by atoms with Crippen LogP contribution in [0.5, 0.6) is 5.88 Å². The molecule has 0 saturated carbocycles. The lowest BCUT2D eigenvalue weighted by Crippen LogP contribution is -2.06. The van der Waals surface area contributed by atoms with Crippen LogP contribution in [0.1, 0.15) is 5.56 Å². The van der Waals surface area contributed by atoms with Crippen molar-refractivity contribution in [2.45, 2.75) is 6.61 Å². The minimum absolute atomic E-state index is 0.277. The zero-order valence-electron chi connectivity index (χ0n) is 8.07. The van der Waals surface area contributed by atoms with Crippen LogP contribution < -0.4 is 10.3 Å². The Hall–Kier alpha value is -2.03. The average Bonchev–Trinajstić information content (AvgIpc) is 2.28. The van der Waals surface area contributed by atoms with E-state index in [4.69, 9.17) is 4.74 Å². The fraction of sp³-hybridized carbons (Fsp3) is 0.0833. The number of ether oxygens (including phenoxy) is 1. The van der Waals surface area contributed by atoms with Gasteiger partial charge in [-0.3, -0.25) is 9.78 Å². The Morgan fingerprint density at radius 3 is 2.73 bits per heavy atom. The molecule has 1 aromatic heterocycles. The van der Waals surface area contributed by atoms with E-state index < -0.39 is 0 Å². The molecule has 0 amide bonds. The lowest BCUT2D eigenvalue weighted by atomic mass is 10.2. The second-order valence-corrected chi connectivity index (χ2v) is 3.07. The number of pyridine rings is 1. The molecular formula is C12H10NO2. The molecule has 0 fully saturated rings. The number of aromatic nitrogens is 1. The maximum absolute atomic E-state index is 10.9. The van der Waals surface area contributed by atoms with Gasteiger partial charge in [0.25, 0.3) is 5.56 Å². The maximum atomic E-state index is 10.9. The van der Waals surface area contributed by atoms with Crippen LogP contribution >= 0.6 is 0 Å². The van der Waals surface area contributed by atoms with Gasteiger partial charge < -0.3 is 4.74 Å². The smallest absolute Gasteiger partial charge is 0.258 e. The van der Waals surface area contributed by atoms with Gasteiger partial charge in [-0.1, -0.05) is 30.3 Å². The van der Waals surface area contributed by atoms with Crippen LogP contribution in [-0.2, 0) is 6.61 Å². The van der Waals surface area contributed by atoms with Gasteiger partial charge in [0.05, 0.1) is 6.07 Å². The molecule has 3 heteroatoms. The fourth-order valence-corrected chi connectivity index (χ4v) is 1.20. The van der Waals surface area contributed by atoms with E-state index in [1.807, 2.05) is 30.3 Å². The van der Waals surface area contributed by atoms with Gasteiger partial charge in [-0.2, -0.15) is 0 Å². The predicted octanol–water partition coefficient (Wildman–Crippen LogP) is 1.75. The molecule has 0 aliphatic heterocycles. The van der Waals surface area contributed by atoms with E-state index in [0.29, 0.717) is 12.5 Å². The standard InChI is InChI=1S/C12H10NO2/c14-11-7-4-8-12(13-11)15-9-10-5-2-1-3-6-10/h1-6,8H,9H2,(H,13,14). The highest BCUT2D eigenvalue weighted by molar-refractivity contribution is 5.15. The Balaban J connectivity index is 2.02. The van der Waals surface area contributed by atoms with Gasteiger partial charge in [-0.25, -0.2) is 0 Å². The summed E-state index contributed by atoms with van der Waals surface area (Å²) in [6.45, 7) is 0.445. The molecule has 75 valence electrons. The van der Waals surface area contributed by atoms with E-state index in [1.165, 1.54) is 0 Å². The highest BCUT2D eigenvalue weighted by Gasteiger charge is 1.95. The van der Waals surface area contributed by atoms with Crippen LogP contribution in [0, 0.1) is 6.07 Å². The number of H-pyrrole nitrogens is 1. The molecule has 0 unspecified atom stereocenters. The summed E-state index contributed by atoms with van der Waals surface area (Å²) in [6.07, 6.45) is 0. The normalized spacial score (nSPS) is 9.87. The van der Waals surface area contributed by atoms with Crippen LogP contribution in [0.4, 0.5) is 0 Å². The van der Waals surface area contributed by atoms with Gasteiger partial charge >= 0.3 is 0 Å². The van der Waals surface area contributed by atoms with Crippen LogP contribution in [-0.4, -0.2) is 4.98 Å². The third-order valence-electron chi connectivity index (χ3n) is 1.92. The van der Waals surface area contributed by atoms with Crippen molar-refractivity contribution >= 4 is 0 Å². The molecule has 0 aliphatic carbocycles. The highest BCUT2D eigenvalue weighted by atomic mass is 16.5. The van der Waals surface area contributed by atoms with Crippen molar-refractivity contribution < 1.29 is 4.74 Å². The zero-order valence-corrected chi connectivity index (χ0v) is 8.07. The first kappa shape index (κ1) is 9.52. The first-order valence-corrected chi connectivity index (χ1v) is 4.62. The first-order valence-electron chi connectivity index (χ1n) is 4.62. The van der Waals surface area contributed by atoms with E-state index in [1.54, 1.807) is 12.1 Å². The van der Waals surface area contributed by atoms with E-state index in [2.05, 4.69) is 11.1 Å². The van der Waals surface area contributed by atoms with Gasteiger partial charge in [-0.15, -0.1) is 0 Å². The minimum Gasteiger partial charge on any atom is -0.474 e. The molecular weight excluding hydrogens is 190 g/mol. The Morgan fingerprint density at radius 2 is 2.00 bits per heavy atom. The van der Waals surface area contributed by atoms with Gasteiger partial charge in [0, 0.05) is 0 Å². The largest absolute Gasteiger partial charge is 0.474 e. The quantitative estimate of drug-likeness (QED) is 0.820.